The van der Waals surface area contributed by atoms with Crippen molar-refractivity contribution in [3.8, 4) is 0 Å². The molecule has 0 spiro atoms. The first-order chi connectivity index (χ1) is 10.9. The highest BCUT2D eigenvalue weighted by atomic mass is 31.2. The second kappa shape index (κ2) is 7.63. The van der Waals surface area contributed by atoms with Crippen molar-refractivity contribution in [1.29, 1.82) is 0 Å². The summed E-state index contributed by atoms with van der Waals surface area (Å²) in [5.41, 5.74) is 0.900. The molecule has 5 heteroatoms. The summed E-state index contributed by atoms with van der Waals surface area (Å²) in [5, 5.41) is -0.616. The van der Waals surface area contributed by atoms with Crippen LogP contribution >= 0.6 is 7.37 Å². The molecule has 3 unspecified atom stereocenters. The maximum absolute atomic E-state index is 13.2. The highest BCUT2D eigenvalue weighted by molar-refractivity contribution is 7.58. The monoisotopic (exact) mass is 338 g/mol. The Balaban J connectivity index is 2.16. The molecule has 0 heterocycles. The van der Waals surface area contributed by atoms with Crippen LogP contribution in [0.15, 0.2) is 30.3 Å². The number of rotatable bonds is 6. The number of methoxy groups -OCH3 is 1. The van der Waals surface area contributed by atoms with Gasteiger partial charge in [0.1, 0.15) is 0 Å². The third-order valence-electron chi connectivity index (χ3n) is 5.33. The van der Waals surface area contributed by atoms with Gasteiger partial charge in [-0.2, -0.15) is 0 Å². The molecule has 128 valence electrons. The molecule has 2 rings (SSSR count). The number of carbonyl (C=O) groups is 1. The van der Waals surface area contributed by atoms with Gasteiger partial charge in [-0.3, -0.25) is 9.36 Å². The summed E-state index contributed by atoms with van der Waals surface area (Å²) in [4.78, 5) is 22.3. The number of hydrogen-bond acceptors (Lipinski definition) is 3. The van der Waals surface area contributed by atoms with Crippen LogP contribution in [0.25, 0.3) is 0 Å². The number of ether oxygens (including phenoxy) is 1. The zero-order valence-corrected chi connectivity index (χ0v) is 14.9. The lowest BCUT2D eigenvalue weighted by Crippen LogP contribution is -2.38. The van der Waals surface area contributed by atoms with Gasteiger partial charge in [0.05, 0.1) is 13.3 Å². The van der Waals surface area contributed by atoms with E-state index < -0.39 is 12.5 Å². The Labute approximate surface area is 138 Å². The molecule has 1 fully saturated rings. The summed E-state index contributed by atoms with van der Waals surface area (Å²) in [6, 6.07) is 9.50. The number of esters is 1. The highest BCUT2D eigenvalue weighted by Crippen LogP contribution is 2.65. The zero-order chi connectivity index (χ0) is 16.9. The van der Waals surface area contributed by atoms with E-state index in [0.29, 0.717) is 12.8 Å². The van der Waals surface area contributed by atoms with Crippen LogP contribution in [0, 0.1) is 5.92 Å². The maximum Gasteiger partial charge on any atom is 0.305 e. The third-order valence-corrected chi connectivity index (χ3v) is 8.31. The molecule has 0 aliphatic heterocycles. The van der Waals surface area contributed by atoms with Crippen molar-refractivity contribution in [2.45, 2.75) is 56.8 Å². The van der Waals surface area contributed by atoms with Gasteiger partial charge in [-0.15, -0.1) is 0 Å². The summed E-state index contributed by atoms with van der Waals surface area (Å²) < 4.78 is 17.9. The largest absolute Gasteiger partial charge is 0.469 e. The van der Waals surface area contributed by atoms with Gasteiger partial charge in [0, 0.05) is 11.6 Å². The minimum absolute atomic E-state index is 0.0925. The normalized spacial score (nSPS) is 27.2. The van der Waals surface area contributed by atoms with E-state index in [-0.39, 0.29) is 18.0 Å². The van der Waals surface area contributed by atoms with E-state index in [4.69, 9.17) is 4.74 Å². The molecular weight excluding hydrogens is 311 g/mol. The molecule has 0 amide bonds. The Hall–Kier alpha value is -1.12. The Morgan fingerprint density at radius 2 is 2.04 bits per heavy atom. The average Bonchev–Trinajstić information content (AvgIpc) is 2.54. The molecule has 1 aromatic carbocycles. The summed E-state index contributed by atoms with van der Waals surface area (Å²) in [7, 11) is -1.99. The van der Waals surface area contributed by atoms with E-state index in [2.05, 4.69) is 0 Å². The lowest BCUT2D eigenvalue weighted by Gasteiger charge is -2.44. The van der Waals surface area contributed by atoms with Gasteiger partial charge in [0.2, 0.25) is 7.37 Å². The van der Waals surface area contributed by atoms with E-state index in [0.717, 1.165) is 31.2 Å². The molecular formula is C18H27O4P. The first kappa shape index (κ1) is 18.2. The van der Waals surface area contributed by atoms with Crippen LogP contribution in [0.1, 0.15) is 51.0 Å². The standard InChI is InChI=1S/C18H27O4P/c1-18(23(20,21)14-15-8-4-3-5-9-15)13-7-6-10-16(18)11-12-17(19)22-2/h3-5,8-9,16H,6-7,10-14H2,1-2H3,(H,20,21). The van der Waals surface area contributed by atoms with Gasteiger partial charge in [0.15, 0.2) is 0 Å². The zero-order valence-electron chi connectivity index (χ0n) is 14.0. The van der Waals surface area contributed by atoms with Crippen molar-refractivity contribution in [2.24, 2.45) is 5.92 Å². The Kier molecular flexibility index (Phi) is 6.05. The fourth-order valence-electron chi connectivity index (χ4n) is 3.71. The van der Waals surface area contributed by atoms with E-state index in [9.17, 15) is 14.3 Å². The lowest BCUT2D eigenvalue weighted by atomic mass is 9.77. The van der Waals surface area contributed by atoms with E-state index >= 15 is 0 Å². The van der Waals surface area contributed by atoms with Crippen LogP contribution in [0.4, 0.5) is 0 Å². The molecule has 23 heavy (non-hydrogen) atoms. The van der Waals surface area contributed by atoms with Crippen molar-refractivity contribution in [1.82, 2.24) is 0 Å². The minimum atomic E-state index is -3.38. The van der Waals surface area contributed by atoms with Gasteiger partial charge >= 0.3 is 5.97 Å². The molecule has 4 nitrogen and oxygen atoms in total. The molecule has 1 aliphatic carbocycles. The first-order valence-electron chi connectivity index (χ1n) is 8.32. The van der Waals surface area contributed by atoms with E-state index in [1.165, 1.54) is 7.11 Å². The molecule has 0 saturated heterocycles. The van der Waals surface area contributed by atoms with Crippen molar-refractivity contribution in [3.63, 3.8) is 0 Å². The SMILES string of the molecule is COC(=O)CCC1CCCCC1(C)P(=O)(O)Cc1ccccc1. The predicted octanol–water partition coefficient (Wildman–Crippen LogP) is 4.36. The summed E-state index contributed by atoms with van der Waals surface area (Å²) in [6.07, 6.45) is 4.85. The molecule has 0 bridgehead atoms. The first-order valence-corrected chi connectivity index (χ1v) is 10.2. The molecule has 1 N–H and O–H groups in total. The quantitative estimate of drug-likeness (QED) is 0.618. The Morgan fingerprint density at radius 3 is 2.70 bits per heavy atom. The number of hydrogen-bond donors (Lipinski definition) is 1. The molecule has 0 aromatic heterocycles. The van der Waals surface area contributed by atoms with Crippen molar-refractivity contribution in [3.05, 3.63) is 35.9 Å². The Bertz CT molecular complexity index is 572. The molecule has 1 aromatic rings. The lowest BCUT2D eigenvalue weighted by molar-refractivity contribution is -0.141. The van der Waals surface area contributed by atoms with Crippen LogP contribution in [-0.2, 0) is 20.3 Å². The van der Waals surface area contributed by atoms with Gasteiger partial charge in [-0.1, -0.05) is 50.1 Å². The topological polar surface area (TPSA) is 63.6 Å². The van der Waals surface area contributed by atoms with Crippen LogP contribution in [0.3, 0.4) is 0 Å². The van der Waals surface area contributed by atoms with Crippen molar-refractivity contribution < 1.29 is 19.0 Å². The molecule has 1 aliphatic rings. The average molecular weight is 338 g/mol. The van der Waals surface area contributed by atoms with Crippen LogP contribution in [0.5, 0.6) is 0 Å². The number of benzene rings is 1. The fraction of sp³-hybridized carbons (Fsp3) is 0.611. The number of carbonyl (C=O) groups excluding carboxylic acids is 1. The fourth-order valence-corrected chi connectivity index (χ4v) is 6.11. The Morgan fingerprint density at radius 1 is 1.35 bits per heavy atom. The molecule has 0 radical (unpaired) electrons. The summed E-state index contributed by atoms with van der Waals surface area (Å²) in [6.45, 7) is 1.94. The maximum atomic E-state index is 13.2. The summed E-state index contributed by atoms with van der Waals surface area (Å²) >= 11 is 0. The minimum Gasteiger partial charge on any atom is -0.469 e. The van der Waals surface area contributed by atoms with Crippen LogP contribution in [0.2, 0.25) is 0 Å². The highest BCUT2D eigenvalue weighted by Gasteiger charge is 2.49. The third kappa shape index (κ3) is 4.24. The van der Waals surface area contributed by atoms with E-state index in [1.54, 1.807) is 0 Å². The summed E-state index contributed by atoms with van der Waals surface area (Å²) in [5.74, 6) is -0.149. The second-order valence-electron chi connectivity index (χ2n) is 6.76. The molecule has 3 atom stereocenters. The molecule has 1 saturated carbocycles. The van der Waals surface area contributed by atoms with Crippen LogP contribution < -0.4 is 0 Å². The van der Waals surface area contributed by atoms with Gasteiger partial charge in [-0.25, -0.2) is 0 Å². The smallest absolute Gasteiger partial charge is 0.305 e. The van der Waals surface area contributed by atoms with E-state index in [1.807, 2.05) is 37.3 Å². The van der Waals surface area contributed by atoms with Gasteiger partial charge in [-0.05, 0) is 30.7 Å². The van der Waals surface area contributed by atoms with Crippen molar-refractivity contribution in [2.75, 3.05) is 7.11 Å². The predicted molar refractivity (Wildman–Crippen MR) is 91.6 cm³/mol. The van der Waals surface area contributed by atoms with Crippen LogP contribution in [-0.4, -0.2) is 23.1 Å². The van der Waals surface area contributed by atoms with Gasteiger partial charge < -0.3 is 9.63 Å². The van der Waals surface area contributed by atoms with Crippen molar-refractivity contribution >= 4 is 13.3 Å². The second-order valence-corrected chi connectivity index (χ2v) is 9.50. The van der Waals surface area contributed by atoms with Gasteiger partial charge in [0.25, 0.3) is 0 Å².